The normalized spacial score (nSPS) is 14.2. The second-order valence-corrected chi connectivity index (χ2v) is 11.2. The van der Waals surface area contributed by atoms with Crippen molar-refractivity contribution >= 4 is 17.8 Å². The summed E-state index contributed by atoms with van der Waals surface area (Å²) < 4.78 is 15.0. The molecule has 0 N–H and O–H groups in total. The van der Waals surface area contributed by atoms with Crippen LogP contribution in [0.15, 0.2) is 24.5 Å². The van der Waals surface area contributed by atoms with Crippen LogP contribution >= 0.6 is 0 Å². The number of pyridine rings is 2. The number of methoxy groups -OCH3 is 2. The average Bonchev–Trinajstić information content (AvgIpc) is 2.94. The molecule has 8 heteroatoms. The predicted molar refractivity (Wildman–Crippen MR) is 162 cm³/mol. The van der Waals surface area contributed by atoms with E-state index in [0.29, 0.717) is 36.2 Å². The first-order chi connectivity index (χ1) is 18.9. The molecular weight excluding hydrogens is 506 g/mol. The Morgan fingerprint density at radius 2 is 1.60 bits per heavy atom. The summed E-state index contributed by atoms with van der Waals surface area (Å²) in [5.74, 6) is 0.616. The summed E-state index contributed by atoms with van der Waals surface area (Å²) in [6, 6.07) is 3.72. The summed E-state index contributed by atoms with van der Waals surface area (Å²) in [7, 11) is 3.40. The van der Waals surface area contributed by atoms with E-state index < -0.39 is 0 Å². The fourth-order valence-corrected chi connectivity index (χ4v) is 3.74. The Hall–Kier alpha value is -2.84. The van der Waals surface area contributed by atoms with Crippen LogP contribution in [0.1, 0.15) is 79.0 Å². The van der Waals surface area contributed by atoms with Gasteiger partial charge in [0.1, 0.15) is 18.6 Å². The number of aryl methyl sites for hydroxylation is 1. The Morgan fingerprint density at radius 3 is 2.05 bits per heavy atom. The minimum atomic E-state index is 0.0515. The van der Waals surface area contributed by atoms with Crippen molar-refractivity contribution in [1.29, 1.82) is 0 Å². The number of ketones is 1. The van der Waals surface area contributed by atoms with Gasteiger partial charge in [-0.25, -0.2) is 0 Å². The number of anilines is 1. The molecule has 0 aliphatic carbocycles. The van der Waals surface area contributed by atoms with Gasteiger partial charge in [-0.05, 0) is 65.0 Å². The lowest BCUT2D eigenvalue weighted by molar-refractivity contribution is -0.120. The van der Waals surface area contributed by atoms with Gasteiger partial charge in [0.05, 0.1) is 29.8 Å². The smallest absolute Gasteiger partial charge is 0.169 e. The van der Waals surface area contributed by atoms with Gasteiger partial charge < -0.3 is 23.9 Å². The lowest BCUT2D eigenvalue weighted by atomic mass is 9.82. The first-order valence-corrected chi connectivity index (χ1v) is 14.2. The van der Waals surface area contributed by atoms with Crippen molar-refractivity contribution in [2.75, 3.05) is 38.8 Å². The molecule has 0 aromatic carbocycles. The highest BCUT2D eigenvalue weighted by Crippen LogP contribution is 2.39. The fraction of sp³-hybridized carbons (Fsp3) is 0.625. The zero-order chi connectivity index (χ0) is 30.3. The number of piperidine rings is 1. The van der Waals surface area contributed by atoms with Crippen molar-refractivity contribution in [2.45, 2.75) is 93.3 Å². The van der Waals surface area contributed by atoms with E-state index in [4.69, 9.17) is 14.2 Å². The van der Waals surface area contributed by atoms with Gasteiger partial charge in [0.15, 0.2) is 5.78 Å². The molecule has 0 bridgehead atoms. The van der Waals surface area contributed by atoms with Gasteiger partial charge >= 0.3 is 0 Å². The van der Waals surface area contributed by atoms with E-state index in [1.807, 2.05) is 59.9 Å². The molecule has 0 unspecified atom stereocenters. The molecule has 3 rings (SSSR count). The molecule has 0 radical (unpaired) electrons. The third-order valence-corrected chi connectivity index (χ3v) is 6.83. The Labute approximate surface area is 241 Å². The van der Waals surface area contributed by atoms with Crippen LogP contribution < -0.4 is 9.64 Å². The quantitative estimate of drug-likeness (QED) is 0.316. The van der Waals surface area contributed by atoms with Crippen molar-refractivity contribution in [1.82, 2.24) is 9.97 Å². The summed E-state index contributed by atoms with van der Waals surface area (Å²) in [5.41, 5.74) is 4.95. The second kappa shape index (κ2) is 17.8. The number of ether oxygens (including phenoxy) is 3. The van der Waals surface area contributed by atoms with Gasteiger partial charge in [0.2, 0.25) is 0 Å². The number of aromatic nitrogens is 2. The van der Waals surface area contributed by atoms with Crippen LogP contribution in [0.2, 0.25) is 0 Å². The van der Waals surface area contributed by atoms with Crippen LogP contribution in [0.4, 0.5) is 5.69 Å². The van der Waals surface area contributed by atoms with Crippen LogP contribution in [-0.4, -0.2) is 68.2 Å². The summed E-state index contributed by atoms with van der Waals surface area (Å²) in [4.78, 5) is 34.4. The van der Waals surface area contributed by atoms with Crippen molar-refractivity contribution in [2.24, 2.45) is 5.41 Å². The molecule has 2 aromatic rings. The molecule has 40 heavy (non-hydrogen) atoms. The largest absolute Gasteiger partial charge is 0.484 e. The molecule has 3 heterocycles. The van der Waals surface area contributed by atoms with Crippen LogP contribution in [0.3, 0.4) is 0 Å². The average molecular weight is 558 g/mol. The fourth-order valence-electron chi connectivity index (χ4n) is 3.74. The van der Waals surface area contributed by atoms with Gasteiger partial charge in [-0.2, -0.15) is 0 Å². The number of carbonyl (C=O) groups excluding carboxylic acids is 2. The molecular formula is C32H51N3O5. The maximum absolute atomic E-state index is 11.5. The Kier molecular flexibility index (Phi) is 15.6. The molecule has 0 amide bonds. The maximum atomic E-state index is 11.5. The highest BCUT2D eigenvalue weighted by Gasteiger charge is 2.29. The minimum Gasteiger partial charge on any atom is -0.484 e. The summed E-state index contributed by atoms with van der Waals surface area (Å²) in [6.45, 7) is 18.3. The number of hydrogen-bond acceptors (Lipinski definition) is 8. The SMILES string of the molecule is CCC(=O)COc1ccc(-c2cnc(C)c(CC=O)c2N2CCC(C)(C)CC2)nc1.COC(C)C.COC(C)C. The summed E-state index contributed by atoms with van der Waals surface area (Å²) in [6.07, 6.45) is 8.19. The number of carbonyl (C=O) groups is 2. The lowest BCUT2D eigenvalue weighted by Gasteiger charge is -2.40. The Morgan fingerprint density at radius 1 is 1.02 bits per heavy atom. The summed E-state index contributed by atoms with van der Waals surface area (Å²) >= 11 is 0. The first-order valence-electron chi connectivity index (χ1n) is 14.2. The van der Waals surface area contributed by atoms with Crippen LogP contribution in [0.5, 0.6) is 5.75 Å². The van der Waals surface area contributed by atoms with E-state index in [0.717, 1.165) is 60.4 Å². The molecule has 1 saturated heterocycles. The predicted octanol–water partition coefficient (Wildman–Crippen LogP) is 6.26. The standard InChI is InChI=1S/C24H31N3O3.2C4H10O/c1-5-18(29)16-30-19-6-7-22(26-14-19)21-15-25-17(2)20(8-13-28)23(21)27-11-9-24(3,4)10-12-27;2*1-4(2)5-3/h6-7,13-15H,5,8-12,16H2,1-4H3;2*4H,1-3H3. The molecule has 0 atom stereocenters. The maximum Gasteiger partial charge on any atom is 0.169 e. The van der Waals surface area contributed by atoms with Crippen molar-refractivity contribution in [3.63, 3.8) is 0 Å². The molecule has 1 aliphatic rings. The zero-order valence-corrected chi connectivity index (χ0v) is 26.4. The van der Waals surface area contributed by atoms with Crippen molar-refractivity contribution in [3.05, 3.63) is 35.8 Å². The topological polar surface area (TPSA) is 90.9 Å². The monoisotopic (exact) mass is 557 g/mol. The molecule has 0 spiro atoms. The number of hydrogen-bond donors (Lipinski definition) is 0. The molecule has 8 nitrogen and oxygen atoms in total. The number of aldehydes is 1. The van der Waals surface area contributed by atoms with Gasteiger partial charge in [-0.15, -0.1) is 0 Å². The highest BCUT2D eigenvalue weighted by atomic mass is 16.5. The van der Waals surface area contributed by atoms with Crippen LogP contribution in [0.25, 0.3) is 11.3 Å². The lowest BCUT2D eigenvalue weighted by Crippen LogP contribution is -2.38. The van der Waals surface area contributed by atoms with Crippen molar-refractivity contribution in [3.8, 4) is 17.0 Å². The van der Waals surface area contributed by atoms with Gasteiger partial charge in [-0.3, -0.25) is 14.8 Å². The second-order valence-electron chi connectivity index (χ2n) is 11.2. The van der Waals surface area contributed by atoms with Gasteiger partial charge in [0.25, 0.3) is 0 Å². The number of nitrogens with zero attached hydrogens (tertiary/aromatic N) is 3. The van der Waals surface area contributed by atoms with Crippen LogP contribution in [0, 0.1) is 12.3 Å². The molecule has 224 valence electrons. The van der Waals surface area contributed by atoms with E-state index in [1.54, 1.807) is 20.4 Å². The molecule has 0 saturated carbocycles. The van der Waals surface area contributed by atoms with Gasteiger partial charge in [-0.1, -0.05) is 20.8 Å². The molecule has 2 aromatic heterocycles. The summed E-state index contributed by atoms with van der Waals surface area (Å²) in [5, 5.41) is 0. The van der Waals surface area contributed by atoms with E-state index >= 15 is 0 Å². The third-order valence-electron chi connectivity index (χ3n) is 6.83. The van der Waals surface area contributed by atoms with Crippen LogP contribution in [-0.2, 0) is 25.5 Å². The zero-order valence-electron chi connectivity index (χ0n) is 26.4. The first kappa shape index (κ1) is 35.2. The van der Waals surface area contributed by atoms with E-state index in [1.165, 1.54) is 0 Å². The molecule has 1 fully saturated rings. The van der Waals surface area contributed by atoms with E-state index in [2.05, 4.69) is 28.7 Å². The minimum absolute atomic E-state index is 0.0515. The van der Waals surface area contributed by atoms with Gasteiger partial charge in [0, 0.05) is 63.2 Å². The Balaban J connectivity index is 0.000000686. The van der Waals surface area contributed by atoms with E-state index in [-0.39, 0.29) is 12.4 Å². The third kappa shape index (κ3) is 12.1. The Bertz CT molecular complexity index is 1020. The number of rotatable bonds is 10. The van der Waals surface area contributed by atoms with Crippen molar-refractivity contribution < 1.29 is 23.8 Å². The molecule has 1 aliphatic heterocycles. The van der Waals surface area contributed by atoms with E-state index in [9.17, 15) is 9.59 Å². The number of Topliss-reactive ketones (excluding diaryl/α,β-unsaturated/α-hetero) is 1. The highest BCUT2D eigenvalue weighted by molar-refractivity contribution is 5.81.